The van der Waals surface area contributed by atoms with Crippen LogP contribution in [0.25, 0.3) is 0 Å². The molecule has 88 valence electrons. The summed E-state index contributed by atoms with van der Waals surface area (Å²) in [4.78, 5) is 15.0. The molecular weight excluding hydrogens is 210 g/mol. The summed E-state index contributed by atoms with van der Waals surface area (Å²) < 4.78 is 9.85. The highest BCUT2D eigenvalue weighted by Crippen LogP contribution is 2.18. The lowest BCUT2D eigenvalue weighted by Gasteiger charge is -2.18. The average Bonchev–Trinajstić information content (AvgIpc) is 1.96. The second-order valence-electron chi connectivity index (χ2n) is 4.22. The molecule has 1 rings (SSSR count). The Labute approximate surface area is 93.5 Å². The summed E-state index contributed by atoms with van der Waals surface area (Å²) in [5, 5.41) is 0. The van der Waals surface area contributed by atoms with Gasteiger partial charge in [-0.15, -0.1) is 0 Å². The molecule has 6 nitrogen and oxygen atoms in total. The number of anilines is 2. The lowest BCUT2D eigenvalue weighted by Crippen LogP contribution is -2.26. The molecule has 4 N–H and O–H groups in total. The first-order valence-electron chi connectivity index (χ1n) is 4.70. The summed E-state index contributed by atoms with van der Waals surface area (Å²) in [5.41, 5.74) is 10.3. The van der Waals surface area contributed by atoms with Crippen LogP contribution in [-0.4, -0.2) is 16.7 Å². The highest BCUT2D eigenvalue weighted by Gasteiger charge is 2.18. The summed E-state index contributed by atoms with van der Waals surface area (Å²) in [7, 11) is 0. The third-order valence-electron chi connectivity index (χ3n) is 1.43. The van der Waals surface area contributed by atoms with Crippen LogP contribution in [0, 0.1) is 0 Å². The Hall–Kier alpha value is -1.98. The molecule has 6 heteroatoms. The number of rotatable bonds is 1. The first-order chi connectivity index (χ1) is 7.26. The van der Waals surface area contributed by atoms with Crippen LogP contribution in [0.1, 0.15) is 20.8 Å². The molecular formula is C10H15N3O3. The van der Waals surface area contributed by atoms with Gasteiger partial charge < -0.3 is 20.9 Å². The lowest BCUT2D eigenvalue weighted by molar-refractivity contribution is 0.0206. The van der Waals surface area contributed by atoms with Gasteiger partial charge in [0, 0.05) is 12.1 Å². The molecule has 0 saturated heterocycles. The van der Waals surface area contributed by atoms with Crippen molar-refractivity contribution in [2.45, 2.75) is 26.4 Å². The van der Waals surface area contributed by atoms with E-state index in [9.17, 15) is 4.79 Å². The average molecular weight is 225 g/mol. The van der Waals surface area contributed by atoms with Crippen LogP contribution in [0.2, 0.25) is 0 Å². The molecule has 0 radical (unpaired) electrons. The van der Waals surface area contributed by atoms with Crippen LogP contribution in [-0.2, 0) is 4.74 Å². The number of nitrogens with two attached hydrogens (primary N) is 2. The number of hydrogen-bond donors (Lipinski definition) is 2. The number of carbonyl (C=O) groups excluding carboxylic acids is 1. The fourth-order valence-corrected chi connectivity index (χ4v) is 0.973. The van der Waals surface area contributed by atoms with Crippen molar-refractivity contribution in [1.82, 2.24) is 4.98 Å². The van der Waals surface area contributed by atoms with Gasteiger partial charge in [0.05, 0.1) is 0 Å². The maximum atomic E-state index is 11.3. The Morgan fingerprint density at radius 2 is 1.75 bits per heavy atom. The fourth-order valence-electron chi connectivity index (χ4n) is 0.973. The molecule has 0 unspecified atom stereocenters. The van der Waals surface area contributed by atoms with Gasteiger partial charge in [-0.2, -0.15) is 0 Å². The molecule has 0 aliphatic rings. The zero-order valence-electron chi connectivity index (χ0n) is 9.48. The van der Waals surface area contributed by atoms with Crippen LogP contribution in [0.3, 0.4) is 0 Å². The van der Waals surface area contributed by atoms with Gasteiger partial charge in [-0.25, -0.2) is 9.78 Å². The third-order valence-corrected chi connectivity index (χ3v) is 1.43. The number of nitrogens with zero attached hydrogens (tertiary/aromatic N) is 1. The first kappa shape index (κ1) is 12.1. The molecule has 0 fully saturated rings. The van der Waals surface area contributed by atoms with Crippen LogP contribution in [0.5, 0.6) is 5.75 Å². The summed E-state index contributed by atoms with van der Waals surface area (Å²) in [6.07, 6.45) is -0.808. The molecule has 1 aromatic heterocycles. The van der Waals surface area contributed by atoms with Gasteiger partial charge in [0.15, 0.2) is 0 Å². The van der Waals surface area contributed by atoms with E-state index < -0.39 is 11.8 Å². The van der Waals surface area contributed by atoms with E-state index in [2.05, 4.69) is 4.98 Å². The zero-order chi connectivity index (χ0) is 12.3. The Morgan fingerprint density at radius 1 is 1.25 bits per heavy atom. The maximum Gasteiger partial charge on any atom is 0.514 e. The van der Waals surface area contributed by atoms with E-state index in [1.165, 1.54) is 12.1 Å². The number of pyridine rings is 1. The topological polar surface area (TPSA) is 100 Å². The van der Waals surface area contributed by atoms with Gasteiger partial charge >= 0.3 is 6.16 Å². The quantitative estimate of drug-likeness (QED) is 0.703. The van der Waals surface area contributed by atoms with E-state index in [4.69, 9.17) is 20.9 Å². The number of aromatic nitrogens is 1. The largest absolute Gasteiger partial charge is 0.514 e. The third kappa shape index (κ3) is 4.04. The van der Waals surface area contributed by atoms with Crippen LogP contribution in [0.4, 0.5) is 16.4 Å². The number of carbonyl (C=O) groups is 1. The van der Waals surface area contributed by atoms with Crippen molar-refractivity contribution in [3.63, 3.8) is 0 Å². The highest BCUT2D eigenvalue weighted by atomic mass is 16.7. The Bertz CT molecular complexity index is 379. The summed E-state index contributed by atoms with van der Waals surface area (Å²) >= 11 is 0. The molecule has 0 atom stereocenters. The van der Waals surface area contributed by atoms with Crippen molar-refractivity contribution in [3.05, 3.63) is 12.1 Å². The van der Waals surface area contributed by atoms with Crippen molar-refractivity contribution in [2.24, 2.45) is 0 Å². The van der Waals surface area contributed by atoms with E-state index in [1.807, 2.05) is 0 Å². The van der Waals surface area contributed by atoms with Crippen molar-refractivity contribution in [2.75, 3.05) is 11.5 Å². The lowest BCUT2D eigenvalue weighted by atomic mass is 10.2. The molecule has 0 amide bonds. The van der Waals surface area contributed by atoms with Gasteiger partial charge in [0.1, 0.15) is 23.0 Å². The minimum absolute atomic E-state index is 0.179. The number of nitrogen functional groups attached to an aromatic ring is 2. The monoisotopic (exact) mass is 225 g/mol. The molecule has 0 aromatic carbocycles. The second kappa shape index (κ2) is 4.26. The molecule has 0 aliphatic carbocycles. The van der Waals surface area contributed by atoms with E-state index in [0.29, 0.717) is 0 Å². The van der Waals surface area contributed by atoms with Crippen LogP contribution < -0.4 is 16.2 Å². The van der Waals surface area contributed by atoms with Gasteiger partial charge in [-0.05, 0) is 20.8 Å². The van der Waals surface area contributed by atoms with Crippen LogP contribution >= 0.6 is 0 Å². The number of ether oxygens (including phenoxy) is 2. The predicted molar refractivity (Wildman–Crippen MR) is 59.9 cm³/mol. The smallest absolute Gasteiger partial charge is 0.428 e. The standard InChI is InChI=1S/C10H15N3O3/c1-10(2,3)16-9(14)15-6-4-7(11)13-8(12)5-6/h4-5H,1-3H3,(H4,11,12,13). The molecule has 0 spiro atoms. The minimum atomic E-state index is -0.808. The summed E-state index contributed by atoms with van der Waals surface area (Å²) in [6, 6.07) is 2.78. The first-order valence-corrected chi connectivity index (χ1v) is 4.70. The number of hydrogen-bond acceptors (Lipinski definition) is 6. The minimum Gasteiger partial charge on any atom is -0.428 e. The predicted octanol–water partition coefficient (Wildman–Crippen LogP) is 1.56. The van der Waals surface area contributed by atoms with Crippen molar-refractivity contribution in [3.8, 4) is 5.75 Å². The molecule has 0 aliphatic heterocycles. The normalized spacial score (nSPS) is 10.9. The Balaban J connectivity index is 2.70. The van der Waals surface area contributed by atoms with E-state index >= 15 is 0 Å². The Morgan fingerprint density at radius 3 is 2.19 bits per heavy atom. The van der Waals surface area contributed by atoms with Gasteiger partial charge in [-0.3, -0.25) is 0 Å². The molecule has 0 saturated carbocycles. The molecule has 1 aromatic rings. The summed E-state index contributed by atoms with van der Waals surface area (Å²) in [5.74, 6) is 0.566. The van der Waals surface area contributed by atoms with Gasteiger partial charge in [-0.1, -0.05) is 0 Å². The van der Waals surface area contributed by atoms with Gasteiger partial charge in [0.2, 0.25) is 0 Å². The molecule has 0 bridgehead atoms. The zero-order valence-corrected chi connectivity index (χ0v) is 9.48. The van der Waals surface area contributed by atoms with Crippen molar-refractivity contribution >= 4 is 17.8 Å². The second-order valence-corrected chi connectivity index (χ2v) is 4.22. The highest BCUT2D eigenvalue weighted by molar-refractivity contribution is 5.65. The van der Waals surface area contributed by atoms with Crippen molar-refractivity contribution < 1.29 is 14.3 Å². The SMILES string of the molecule is CC(C)(C)OC(=O)Oc1cc(N)nc(N)c1. The maximum absolute atomic E-state index is 11.3. The Kier molecular flexibility index (Phi) is 3.22. The van der Waals surface area contributed by atoms with E-state index in [0.717, 1.165) is 0 Å². The van der Waals surface area contributed by atoms with E-state index in [1.54, 1.807) is 20.8 Å². The van der Waals surface area contributed by atoms with Crippen molar-refractivity contribution in [1.29, 1.82) is 0 Å². The van der Waals surface area contributed by atoms with Gasteiger partial charge in [0.25, 0.3) is 0 Å². The van der Waals surface area contributed by atoms with E-state index in [-0.39, 0.29) is 17.4 Å². The summed E-state index contributed by atoms with van der Waals surface area (Å²) in [6.45, 7) is 5.22. The molecule has 1 heterocycles. The molecule has 16 heavy (non-hydrogen) atoms. The fraction of sp³-hybridized carbons (Fsp3) is 0.400. The van der Waals surface area contributed by atoms with Crippen LogP contribution in [0.15, 0.2) is 12.1 Å².